The monoisotopic (exact) mass is 313 g/mol. The number of anilines is 1. The topological polar surface area (TPSA) is 98.8 Å². The van der Waals surface area contributed by atoms with Crippen LogP contribution in [0.25, 0.3) is 0 Å². The highest BCUT2D eigenvalue weighted by Crippen LogP contribution is 2.26. The number of nitrogen functional groups attached to an aromatic ring is 1. The molecule has 1 aliphatic heterocycles. The molecule has 7 heteroatoms. The lowest BCUT2D eigenvalue weighted by Gasteiger charge is -2.16. The normalized spacial score (nSPS) is 18.0. The molecule has 118 valence electrons. The zero-order valence-electron chi connectivity index (χ0n) is 12.4. The van der Waals surface area contributed by atoms with Gasteiger partial charge in [-0.05, 0) is 30.7 Å². The molecule has 0 bridgehead atoms. The Hall–Kier alpha value is -2.72. The maximum absolute atomic E-state index is 13.4. The van der Waals surface area contributed by atoms with Gasteiger partial charge in [0, 0.05) is 25.1 Å². The van der Waals surface area contributed by atoms with E-state index in [1.807, 2.05) is 6.07 Å². The van der Waals surface area contributed by atoms with Gasteiger partial charge >= 0.3 is 0 Å². The molecule has 1 atom stereocenters. The summed E-state index contributed by atoms with van der Waals surface area (Å²) in [5.41, 5.74) is 6.99. The largest absolute Gasteiger partial charge is 0.369 e. The van der Waals surface area contributed by atoms with Gasteiger partial charge in [-0.2, -0.15) is 5.26 Å². The Kier molecular flexibility index (Phi) is 4.08. The van der Waals surface area contributed by atoms with Crippen molar-refractivity contribution < 1.29 is 4.39 Å². The lowest BCUT2D eigenvalue weighted by molar-refractivity contribution is 0.326. The molecule has 1 aliphatic rings. The van der Waals surface area contributed by atoms with Crippen LogP contribution >= 0.6 is 0 Å². The summed E-state index contributed by atoms with van der Waals surface area (Å²) < 4.78 is 13.4. The second-order valence-electron chi connectivity index (χ2n) is 5.70. The number of nitrogens with two attached hydrogens (primary N) is 1. The van der Waals surface area contributed by atoms with Crippen molar-refractivity contribution in [2.75, 3.05) is 18.8 Å². The van der Waals surface area contributed by atoms with Gasteiger partial charge in [-0.15, -0.1) is 0 Å². The number of H-pyrrole nitrogens is 1. The Morgan fingerprint density at radius 3 is 3.04 bits per heavy atom. The molecule has 0 amide bonds. The van der Waals surface area contributed by atoms with E-state index in [-0.39, 0.29) is 23.0 Å². The zero-order valence-corrected chi connectivity index (χ0v) is 12.4. The van der Waals surface area contributed by atoms with E-state index >= 15 is 0 Å². The predicted molar refractivity (Wildman–Crippen MR) is 83.0 cm³/mol. The fraction of sp³-hybridized carbons (Fsp3) is 0.312. The van der Waals surface area contributed by atoms with E-state index in [9.17, 15) is 9.18 Å². The lowest BCUT2D eigenvalue weighted by Crippen LogP contribution is -2.21. The Morgan fingerprint density at radius 1 is 1.48 bits per heavy atom. The van der Waals surface area contributed by atoms with Crippen LogP contribution in [0.1, 0.15) is 29.2 Å². The van der Waals surface area contributed by atoms with Crippen LogP contribution in [0.4, 0.5) is 10.3 Å². The molecule has 23 heavy (non-hydrogen) atoms. The highest BCUT2D eigenvalue weighted by molar-refractivity contribution is 5.34. The summed E-state index contributed by atoms with van der Waals surface area (Å²) in [5.74, 6) is -0.225. The first-order chi connectivity index (χ1) is 11.0. The fourth-order valence-corrected chi connectivity index (χ4v) is 2.94. The van der Waals surface area contributed by atoms with Crippen molar-refractivity contribution in [3.05, 3.63) is 57.3 Å². The average molecular weight is 313 g/mol. The predicted octanol–water partition coefficient (Wildman–Crippen LogP) is 1.35. The molecule has 0 radical (unpaired) electrons. The number of aromatic amines is 1. The first-order valence-electron chi connectivity index (χ1n) is 7.33. The Morgan fingerprint density at radius 2 is 2.30 bits per heavy atom. The van der Waals surface area contributed by atoms with Gasteiger partial charge in [-0.3, -0.25) is 14.7 Å². The van der Waals surface area contributed by atoms with Gasteiger partial charge in [-0.25, -0.2) is 9.37 Å². The average Bonchev–Trinajstić information content (AvgIpc) is 2.97. The summed E-state index contributed by atoms with van der Waals surface area (Å²) >= 11 is 0. The highest BCUT2D eigenvalue weighted by Gasteiger charge is 2.25. The SMILES string of the molecule is N#Cc1cc(CN2CCC(c3cc(=O)[nH]c(N)n3)C2)ccc1F. The lowest BCUT2D eigenvalue weighted by atomic mass is 10.0. The van der Waals surface area contributed by atoms with Gasteiger partial charge in [0.1, 0.15) is 11.9 Å². The molecule has 1 unspecified atom stereocenters. The molecule has 1 aromatic carbocycles. The summed E-state index contributed by atoms with van der Waals surface area (Å²) in [5, 5.41) is 8.89. The number of hydrogen-bond donors (Lipinski definition) is 2. The third kappa shape index (κ3) is 3.38. The van der Waals surface area contributed by atoms with E-state index in [1.165, 1.54) is 12.1 Å². The molecular formula is C16H16FN5O. The Balaban J connectivity index is 1.71. The van der Waals surface area contributed by atoms with Crippen molar-refractivity contribution >= 4 is 5.95 Å². The van der Waals surface area contributed by atoms with Crippen LogP contribution in [0.3, 0.4) is 0 Å². The molecule has 0 spiro atoms. The minimum absolute atomic E-state index is 0.0577. The van der Waals surface area contributed by atoms with Crippen molar-refractivity contribution in [2.24, 2.45) is 0 Å². The van der Waals surface area contributed by atoms with Gasteiger partial charge in [0.15, 0.2) is 0 Å². The number of benzene rings is 1. The van der Waals surface area contributed by atoms with E-state index in [0.29, 0.717) is 12.2 Å². The van der Waals surface area contributed by atoms with Crippen molar-refractivity contribution in [3.63, 3.8) is 0 Å². The molecule has 2 aromatic rings. The van der Waals surface area contributed by atoms with Gasteiger partial charge in [0.05, 0.1) is 11.3 Å². The number of hydrogen-bond acceptors (Lipinski definition) is 5. The quantitative estimate of drug-likeness (QED) is 0.891. The fourth-order valence-electron chi connectivity index (χ4n) is 2.94. The van der Waals surface area contributed by atoms with Crippen LogP contribution < -0.4 is 11.3 Å². The molecule has 2 heterocycles. The second kappa shape index (κ2) is 6.18. The summed E-state index contributed by atoms with van der Waals surface area (Å²) in [4.78, 5) is 20.3. The Bertz CT molecular complexity index is 826. The molecule has 3 N–H and O–H groups in total. The van der Waals surface area contributed by atoms with Crippen LogP contribution in [0, 0.1) is 17.1 Å². The van der Waals surface area contributed by atoms with Crippen molar-refractivity contribution in [1.82, 2.24) is 14.9 Å². The molecule has 6 nitrogen and oxygen atoms in total. The Labute approximate surface area is 132 Å². The van der Waals surface area contributed by atoms with Crippen LogP contribution in [0.2, 0.25) is 0 Å². The van der Waals surface area contributed by atoms with Crippen LogP contribution in [-0.4, -0.2) is 28.0 Å². The van der Waals surface area contributed by atoms with E-state index < -0.39 is 5.82 Å². The number of aromatic nitrogens is 2. The minimum Gasteiger partial charge on any atom is -0.369 e. The van der Waals surface area contributed by atoms with Crippen molar-refractivity contribution in [2.45, 2.75) is 18.9 Å². The molecule has 1 saturated heterocycles. The van der Waals surface area contributed by atoms with Crippen LogP contribution in [0.15, 0.2) is 29.1 Å². The number of nitriles is 1. The second-order valence-corrected chi connectivity index (χ2v) is 5.70. The van der Waals surface area contributed by atoms with E-state index in [4.69, 9.17) is 11.0 Å². The van der Waals surface area contributed by atoms with Crippen LogP contribution in [0.5, 0.6) is 0 Å². The van der Waals surface area contributed by atoms with Crippen molar-refractivity contribution in [3.8, 4) is 6.07 Å². The van der Waals surface area contributed by atoms with E-state index in [2.05, 4.69) is 14.9 Å². The van der Waals surface area contributed by atoms with Crippen molar-refractivity contribution in [1.29, 1.82) is 5.26 Å². The number of likely N-dealkylation sites (tertiary alicyclic amines) is 1. The zero-order chi connectivity index (χ0) is 16.4. The smallest absolute Gasteiger partial charge is 0.252 e. The summed E-state index contributed by atoms with van der Waals surface area (Å²) in [7, 11) is 0. The van der Waals surface area contributed by atoms with E-state index in [0.717, 1.165) is 25.1 Å². The molecule has 0 aliphatic carbocycles. The van der Waals surface area contributed by atoms with E-state index in [1.54, 1.807) is 12.1 Å². The first kappa shape index (κ1) is 15.2. The van der Waals surface area contributed by atoms with Crippen LogP contribution in [-0.2, 0) is 6.54 Å². The van der Waals surface area contributed by atoms with Gasteiger partial charge in [0.2, 0.25) is 5.95 Å². The standard InChI is InChI=1S/C16H16FN5O/c17-13-2-1-10(5-12(13)7-18)8-22-4-3-11(9-22)14-6-15(23)21-16(19)20-14/h1-2,5-6,11H,3-4,8-9H2,(H3,19,20,21,23). The summed E-state index contributed by atoms with van der Waals surface area (Å²) in [6.45, 7) is 2.22. The third-order valence-electron chi connectivity index (χ3n) is 4.03. The molecule has 1 aromatic heterocycles. The maximum Gasteiger partial charge on any atom is 0.252 e. The number of halogens is 1. The maximum atomic E-state index is 13.4. The summed E-state index contributed by atoms with van der Waals surface area (Å²) in [6.07, 6.45) is 0.877. The van der Waals surface area contributed by atoms with Gasteiger partial charge < -0.3 is 5.73 Å². The highest BCUT2D eigenvalue weighted by atomic mass is 19.1. The third-order valence-corrected chi connectivity index (χ3v) is 4.03. The number of rotatable bonds is 3. The molecule has 3 rings (SSSR count). The van der Waals surface area contributed by atoms with Gasteiger partial charge in [0.25, 0.3) is 5.56 Å². The number of nitrogens with zero attached hydrogens (tertiary/aromatic N) is 3. The molecule has 1 fully saturated rings. The first-order valence-corrected chi connectivity index (χ1v) is 7.33. The number of nitrogens with one attached hydrogen (secondary N) is 1. The minimum atomic E-state index is -0.501. The summed E-state index contributed by atoms with van der Waals surface area (Å²) in [6, 6.07) is 7.92. The molecule has 0 saturated carbocycles. The molecular weight excluding hydrogens is 297 g/mol. The van der Waals surface area contributed by atoms with Gasteiger partial charge in [-0.1, -0.05) is 6.07 Å².